The minimum Gasteiger partial charge on any atom is -0.481 e. The SMILES string of the molecule is O=C(O)Cc1ccc(-c2ccc3c(c2)CCN3)cc1. The predicted molar refractivity (Wildman–Crippen MR) is 75.4 cm³/mol. The first-order valence-electron chi connectivity index (χ1n) is 6.40. The van der Waals surface area contributed by atoms with Gasteiger partial charge in [-0.25, -0.2) is 0 Å². The first kappa shape index (κ1) is 11.8. The largest absolute Gasteiger partial charge is 0.481 e. The summed E-state index contributed by atoms with van der Waals surface area (Å²) in [5, 5.41) is 12.1. The Kier molecular flexibility index (Phi) is 2.95. The fourth-order valence-electron chi connectivity index (χ4n) is 2.47. The molecule has 2 aromatic carbocycles. The van der Waals surface area contributed by atoms with E-state index in [2.05, 4.69) is 23.5 Å². The predicted octanol–water partition coefficient (Wildman–Crippen LogP) is 2.95. The van der Waals surface area contributed by atoms with Gasteiger partial charge >= 0.3 is 5.97 Å². The van der Waals surface area contributed by atoms with Crippen LogP contribution in [0.3, 0.4) is 0 Å². The highest BCUT2D eigenvalue weighted by Crippen LogP contribution is 2.28. The summed E-state index contributed by atoms with van der Waals surface area (Å²) in [6.07, 6.45) is 1.15. The fraction of sp³-hybridized carbons (Fsp3) is 0.188. The number of rotatable bonds is 3. The second-order valence-electron chi connectivity index (χ2n) is 4.82. The number of nitrogens with one attached hydrogen (secondary N) is 1. The zero-order valence-electron chi connectivity index (χ0n) is 10.5. The molecular formula is C16H15NO2. The van der Waals surface area contributed by atoms with Crippen molar-refractivity contribution in [3.63, 3.8) is 0 Å². The lowest BCUT2D eigenvalue weighted by molar-refractivity contribution is -0.136. The third kappa shape index (κ3) is 2.45. The third-order valence-electron chi connectivity index (χ3n) is 3.46. The Balaban J connectivity index is 1.88. The molecule has 0 unspecified atom stereocenters. The van der Waals surface area contributed by atoms with Crippen molar-refractivity contribution in [3.8, 4) is 11.1 Å². The van der Waals surface area contributed by atoms with E-state index in [1.165, 1.54) is 16.8 Å². The van der Waals surface area contributed by atoms with Gasteiger partial charge in [0.1, 0.15) is 0 Å². The molecule has 0 spiro atoms. The molecule has 0 radical (unpaired) electrons. The standard InChI is InChI=1S/C16H15NO2/c18-16(19)9-11-1-3-12(4-2-11)13-5-6-15-14(10-13)7-8-17-15/h1-6,10,17H,7-9H2,(H,18,19). The normalized spacial score (nSPS) is 12.8. The van der Waals surface area contributed by atoms with Crippen molar-refractivity contribution in [2.75, 3.05) is 11.9 Å². The molecule has 3 heteroatoms. The van der Waals surface area contributed by atoms with Crippen molar-refractivity contribution in [1.82, 2.24) is 0 Å². The Hall–Kier alpha value is -2.29. The highest BCUT2D eigenvalue weighted by Gasteiger charge is 2.10. The Morgan fingerprint density at radius 3 is 2.58 bits per heavy atom. The number of hydrogen-bond donors (Lipinski definition) is 2. The van der Waals surface area contributed by atoms with Gasteiger partial charge in [0.05, 0.1) is 6.42 Å². The first-order valence-corrected chi connectivity index (χ1v) is 6.40. The van der Waals surface area contributed by atoms with E-state index >= 15 is 0 Å². The van der Waals surface area contributed by atoms with Gasteiger partial charge in [0, 0.05) is 12.2 Å². The quantitative estimate of drug-likeness (QED) is 0.884. The van der Waals surface area contributed by atoms with Crippen LogP contribution in [0, 0.1) is 0 Å². The second-order valence-corrected chi connectivity index (χ2v) is 4.82. The van der Waals surface area contributed by atoms with Crippen LogP contribution in [-0.2, 0) is 17.6 Å². The summed E-state index contributed by atoms with van der Waals surface area (Å²) < 4.78 is 0. The number of anilines is 1. The van der Waals surface area contributed by atoms with Crippen LogP contribution in [0.2, 0.25) is 0 Å². The van der Waals surface area contributed by atoms with Crippen molar-refractivity contribution < 1.29 is 9.90 Å². The topological polar surface area (TPSA) is 49.3 Å². The average molecular weight is 253 g/mol. The zero-order valence-corrected chi connectivity index (χ0v) is 10.5. The zero-order chi connectivity index (χ0) is 13.2. The molecule has 0 aromatic heterocycles. The third-order valence-corrected chi connectivity index (χ3v) is 3.46. The van der Waals surface area contributed by atoms with Crippen molar-refractivity contribution in [1.29, 1.82) is 0 Å². The van der Waals surface area contributed by atoms with Gasteiger partial charge in [0.25, 0.3) is 0 Å². The summed E-state index contributed by atoms with van der Waals surface area (Å²) in [6, 6.07) is 14.2. The van der Waals surface area contributed by atoms with E-state index in [0.29, 0.717) is 0 Å². The number of benzene rings is 2. The van der Waals surface area contributed by atoms with E-state index in [4.69, 9.17) is 5.11 Å². The Morgan fingerprint density at radius 1 is 1.11 bits per heavy atom. The molecule has 0 fully saturated rings. The lowest BCUT2D eigenvalue weighted by Gasteiger charge is -2.06. The van der Waals surface area contributed by atoms with Crippen LogP contribution in [0.5, 0.6) is 0 Å². The molecule has 1 heterocycles. The maximum atomic E-state index is 10.6. The van der Waals surface area contributed by atoms with Crippen LogP contribution in [-0.4, -0.2) is 17.6 Å². The molecule has 0 bridgehead atoms. The van der Waals surface area contributed by atoms with Crippen LogP contribution in [0.4, 0.5) is 5.69 Å². The maximum Gasteiger partial charge on any atom is 0.307 e. The Bertz CT molecular complexity index is 617. The van der Waals surface area contributed by atoms with E-state index < -0.39 is 5.97 Å². The van der Waals surface area contributed by atoms with Gasteiger partial charge in [0.15, 0.2) is 0 Å². The number of carboxylic acid groups (broad SMARTS) is 1. The van der Waals surface area contributed by atoms with E-state index in [9.17, 15) is 4.79 Å². The van der Waals surface area contributed by atoms with Crippen molar-refractivity contribution in [3.05, 3.63) is 53.6 Å². The Morgan fingerprint density at radius 2 is 1.84 bits per heavy atom. The fourth-order valence-corrected chi connectivity index (χ4v) is 2.47. The summed E-state index contributed by atoms with van der Waals surface area (Å²) in [5.41, 5.74) is 5.73. The van der Waals surface area contributed by atoms with Crippen LogP contribution in [0.25, 0.3) is 11.1 Å². The van der Waals surface area contributed by atoms with Crippen LogP contribution >= 0.6 is 0 Å². The molecule has 19 heavy (non-hydrogen) atoms. The molecule has 3 nitrogen and oxygen atoms in total. The van der Waals surface area contributed by atoms with Crippen molar-refractivity contribution in [2.45, 2.75) is 12.8 Å². The van der Waals surface area contributed by atoms with E-state index in [1.54, 1.807) is 0 Å². The lowest BCUT2D eigenvalue weighted by atomic mass is 10.00. The van der Waals surface area contributed by atoms with E-state index in [-0.39, 0.29) is 6.42 Å². The van der Waals surface area contributed by atoms with Crippen LogP contribution in [0.15, 0.2) is 42.5 Å². The number of carbonyl (C=O) groups is 1. The summed E-state index contributed by atoms with van der Waals surface area (Å²) in [7, 11) is 0. The molecule has 2 N–H and O–H groups in total. The van der Waals surface area contributed by atoms with E-state index in [0.717, 1.165) is 24.1 Å². The molecule has 3 rings (SSSR count). The van der Waals surface area contributed by atoms with Gasteiger partial charge in [0.2, 0.25) is 0 Å². The molecule has 1 aliphatic heterocycles. The number of fused-ring (bicyclic) bond motifs is 1. The monoisotopic (exact) mass is 253 g/mol. The average Bonchev–Trinajstić information content (AvgIpc) is 2.86. The molecule has 0 atom stereocenters. The van der Waals surface area contributed by atoms with E-state index in [1.807, 2.05) is 24.3 Å². The number of carboxylic acids is 1. The molecule has 0 aliphatic carbocycles. The summed E-state index contributed by atoms with van der Waals surface area (Å²) in [6.45, 7) is 1.01. The molecule has 0 saturated heterocycles. The van der Waals surface area contributed by atoms with Crippen LogP contribution in [0.1, 0.15) is 11.1 Å². The highest BCUT2D eigenvalue weighted by molar-refractivity contribution is 5.72. The van der Waals surface area contributed by atoms with Crippen molar-refractivity contribution >= 4 is 11.7 Å². The van der Waals surface area contributed by atoms with Gasteiger partial charge in [-0.05, 0) is 40.8 Å². The minimum atomic E-state index is -0.795. The van der Waals surface area contributed by atoms with Gasteiger partial charge in [-0.1, -0.05) is 30.3 Å². The molecule has 96 valence electrons. The first-order chi connectivity index (χ1) is 9.22. The lowest BCUT2D eigenvalue weighted by Crippen LogP contribution is -1.99. The summed E-state index contributed by atoms with van der Waals surface area (Å²) in [5.74, 6) is -0.795. The van der Waals surface area contributed by atoms with Gasteiger partial charge in [-0.15, -0.1) is 0 Å². The highest BCUT2D eigenvalue weighted by atomic mass is 16.4. The maximum absolute atomic E-state index is 10.6. The van der Waals surface area contributed by atoms with Gasteiger partial charge < -0.3 is 10.4 Å². The molecular weight excluding hydrogens is 238 g/mol. The van der Waals surface area contributed by atoms with Gasteiger partial charge in [-0.2, -0.15) is 0 Å². The summed E-state index contributed by atoms with van der Waals surface area (Å²) in [4.78, 5) is 10.6. The molecule has 2 aromatic rings. The second kappa shape index (κ2) is 4.76. The smallest absolute Gasteiger partial charge is 0.307 e. The van der Waals surface area contributed by atoms with Crippen molar-refractivity contribution in [2.24, 2.45) is 0 Å². The number of aliphatic carboxylic acids is 1. The van der Waals surface area contributed by atoms with Crippen LogP contribution < -0.4 is 5.32 Å². The molecule has 0 amide bonds. The molecule has 0 saturated carbocycles. The minimum absolute atomic E-state index is 0.0778. The molecule has 1 aliphatic rings. The summed E-state index contributed by atoms with van der Waals surface area (Å²) >= 11 is 0. The Labute approximate surface area is 111 Å². The van der Waals surface area contributed by atoms with Gasteiger partial charge in [-0.3, -0.25) is 4.79 Å². The number of hydrogen-bond acceptors (Lipinski definition) is 2.